The molecule has 0 aromatic carbocycles. The van der Waals surface area contributed by atoms with Crippen molar-refractivity contribution in [1.29, 1.82) is 0 Å². The fourth-order valence-electron chi connectivity index (χ4n) is 2.55. The average Bonchev–Trinajstić information content (AvgIpc) is 2.48. The van der Waals surface area contributed by atoms with Crippen molar-refractivity contribution in [2.45, 2.75) is 84.9 Å². The molecule has 176 valence electrons. The lowest BCUT2D eigenvalue weighted by molar-refractivity contribution is -0.240. The van der Waals surface area contributed by atoms with Crippen molar-refractivity contribution in [2.75, 3.05) is 6.54 Å². The molecule has 0 saturated carbocycles. The summed E-state index contributed by atoms with van der Waals surface area (Å²) in [6.45, 7) is 11.6. The third-order valence-electron chi connectivity index (χ3n) is 3.61. The smallest absolute Gasteiger partial charge is 0.407 e. The molecular formula is C20H31NO10. The number of esters is 4. The van der Waals surface area contributed by atoms with Gasteiger partial charge in [-0.25, -0.2) is 4.79 Å². The van der Waals surface area contributed by atoms with E-state index in [1.165, 1.54) is 27.7 Å². The van der Waals surface area contributed by atoms with Crippen LogP contribution in [0.15, 0.2) is 0 Å². The van der Waals surface area contributed by atoms with Crippen LogP contribution in [0, 0.1) is 5.92 Å². The topological polar surface area (TPSA) is 144 Å². The molecule has 0 bridgehead atoms. The van der Waals surface area contributed by atoms with Gasteiger partial charge < -0.3 is 29.0 Å². The molecule has 1 amide bonds. The highest BCUT2D eigenvalue weighted by Crippen LogP contribution is 2.25. The third-order valence-corrected chi connectivity index (χ3v) is 3.61. The number of cyclic esters (lactones) is 4. The minimum atomic E-state index is -1.21. The van der Waals surface area contributed by atoms with E-state index in [0.29, 0.717) is 13.0 Å². The zero-order valence-corrected chi connectivity index (χ0v) is 19.0. The Balaban J connectivity index is 0.000000399. The first-order valence-electron chi connectivity index (χ1n) is 9.86. The molecule has 2 aliphatic heterocycles. The molecule has 0 radical (unpaired) electrons. The van der Waals surface area contributed by atoms with Gasteiger partial charge in [-0.05, 0) is 33.6 Å². The van der Waals surface area contributed by atoms with Crippen molar-refractivity contribution in [3.63, 3.8) is 0 Å². The number of carbonyl (C=O) groups is 5. The van der Waals surface area contributed by atoms with Crippen LogP contribution in [-0.2, 0) is 42.9 Å². The second-order valence-electron chi connectivity index (χ2n) is 8.89. The van der Waals surface area contributed by atoms with Gasteiger partial charge in [-0.1, -0.05) is 0 Å². The van der Waals surface area contributed by atoms with Crippen LogP contribution in [0.2, 0.25) is 0 Å². The maximum Gasteiger partial charge on any atom is 0.407 e. The summed E-state index contributed by atoms with van der Waals surface area (Å²) in [7, 11) is 0. The number of hydrogen-bond acceptors (Lipinski definition) is 10. The largest absolute Gasteiger partial charge is 0.444 e. The molecule has 0 aliphatic carbocycles. The lowest BCUT2D eigenvalue weighted by Gasteiger charge is -2.32. The molecule has 2 rings (SSSR count). The lowest BCUT2D eigenvalue weighted by atomic mass is 10.0. The van der Waals surface area contributed by atoms with E-state index in [9.17, 15) is 24.0 Å². The van der Waals surface area contributed by atoms with E-state index < -0.39 is 53.1 Å². The zero-order chi connectivity index (χ0) is 24.0. The van der Waals surface area contributed by atoms with Gasteiger partial charge in [0.15, 0.2) is 5.92 Å². The minimum Gasteiger partial charge on any atom is -0.444 e. The summed E-state index contributed by atoms with van der Waals surface area (Å²) in [4.78, 5) is 55.9. The quantitative estimate of drug-likeness (QED) is 0.295. The molecule has 0 aromatic rings. The zero-order valence-electron chi connectivity index (χ0n) is 19.0. The monoisotopic (exact) mass is 445 g/mol. The molecule has 11 heteroatoms. The molecule has 0 atom stereocenters. The summed E-state index contributed by atoms with van der Waals surface area (Å²) in [6.07, 6.45) is -0.112. The number of hydrogen-bond donors (Lipinski definition) is 1. The molecule has 0 aromatic heterocycles. The normalized spacial score (nSPS) is 20.2. The lowest BCUT2D eigenvalue weighted by Crippen LogP contribution is -2.46. The van der Waals surface area contributed by atoms with Crippen molar-refractivity contribution in [1.82, 2.24) is 5.32 Å². The van der Waals surface area contributed by atoms with Crippen LogP contribution in [0.1, 0.15) is 67.7 Å². The number of amides is 1. The highest BCUT2D eigenvalue weighted by atomic mass is 16.7. The third kappa shape index (κ3) is 10.1. The predicted octanol–water partition coefficient (Wildman–Crippen LogP) is 1.96. The van der Waals surface area contributed by atoms with Crippen molar-refractivity contribution < 1.29 is 47.7 Å². The summed E-state index contributed by atoms with van der Waals surface area (Å²) in [5.41, 5.74) is -0.563. The first-order chi connectivity index (χ1) is 14.0. The number of rotatable bonds is 4. The van der Waals surface area contributed by atoms with Gasteiger partial charge in [-0.15, -0.1) is 0 Å². The van der Waals surface area contributed by atoms with E-state index in [2.05, 4.69) is 14.8 Å². The fraction of sp³-hybridized carbons (Fsp3) is 0.750. The van der Waals surface area contributed by atoms with Crippen molar-refractivity contribution >= 4 is 30.0 Å². The van der Waals surface area contributed by atoms with E-state index in [-0.39, 0.29) is 12.8 Å². The van der Waals surface area contributed by atoms with E-state index in [1.807, 2.05) is 0 Å². The van der Waals surface area contributed by atoms with Gasteiger partial charge in [-0.3, -0.25) is 19.2 Å². The Bertz CT molecular complexity index is 682. The molecule has 2 fully saturated rings. The van der Waals surface area contributed by atoms with E-state index in [1.54, 1.807) is 20.8 Å². The van der Waals surface area contributed by atoms with Gasteiger partial charge in [-0.2, -0.15) is 0 Å². The molecule has 2 aliphatic rings. The van der Waals surface area contributed by atoms with E-state index >= 15 is 0 Å². The van der Waals surface area contributed by atoms with Gasteiger partial charge in [0.1, 0.15) is 12.0 Å². The van der Waals surface area contributed by atoms with Crippen LogP contribution in [0.25, 0.3) is 0 Å². The van der Waals surface area contributed by atoms with Gasteiger partial charge in [0.2, 0.25) is 0 Å². The predicted molar refractivity (Wildman–Crippen MR) is 104 cm³/mol. The van der Waals surface area contributed by atoms with Gasteiger partial charge in [0, 0.05) is 34.2 Å². The second-order valence-corrected chi connectivity index (χ2v) is 8.89. The molecule has 2 saturated heterocycles. The molecular weight excluding hydrogens is 414 g/mol. The number of carbonyl (C=O) groups excluding carboxylic acids is 5. The highest BCUT2D eigenvalue weighted by molar-refractivity contribution is 5.96. The molecule has 0 spiro atoms. The Morgan fingerprint density at radius 2 is 1.39 bits per heavy atom. The molecule has 11 nitrogen and oxygen atoms in total. The molecule has 2 heterocycles. The van der Waals surface area contributed by atoms with E-state index in [0.717, 1.165) is 0 Å². The maximum absolute atomic E-state index is 11.7. The average molecular weight is 445 g/mol. The van der Waals surface area contributed by atoms with Crippen molar-refractivity contribution in [3.8, 4) is 0 Å². The summed E-state index contributed by atoms with van der Waals surface area (Å²) in [5, 5.41) is 2.56. The highest BCUT2D eigenvalue weighted by Gasteiger charge is 2.42. The number of ether oxygens (including phenoxy) is 5. The number of alkyl carbamates (subject to hydrolysis) is 1. The SMILES string of the molecule is CC(C)(C)OC(=O)NCCCC1C(=O)OC(C)(C)OC1=O.CC1(C)OC(=O)CC(=O)O1. The Morgan fingerprint density at radius 3 is 1.81 bits per heavy atom. The van der Waals surface area contributed by atoms with Crippen LogP contribution in [-0.4, -0.2) is 53.7 Å². The maximum atomic E-state index is 11.7. The van der Waals surface area contributed by atoms with Crippen LogP contribution in [0.3, 0.4) is 0 Å². The standard InChI is InChI=1S/C14H23NO6.C6H8O4/c1-13(2,3)21-12(18)15-8-6-7-9-10(16)19-14(4,5)20-11(9)17;1-6(2)9-4(7)3-5(8)10-6/h9H,6-8H2,1-5H3,(H,15,18);3H2,1-2H3. The molecule has 1 N–H and O–H groups in total. The molecule has 0 unspecified atom stereocenters. The second kappa shape index (κ2) is 9.97. The summed E-state index contributed by atoms with van der Waals surface area (Å²) in [6, 6.07) is 0. The first-order valence-corrected chi connectivity index (χ1v) is 9.86. The van der Waals surface area contributed by atoms with Crippen LogP contribution in [0.4, 0.5) is 4.79 Å². The summed E-state index contributed by atoms with van der Waals surface area (Å²) >= 11 is 0. The van der Waals surface area contributed by atoms with Gasteiger partial charge in [0.25, 0.3) is 11.6 Å². The van der Waals surface area contributed by atoms with Gasteiger partial charge >= 0.3 is 30.0 Å². The molecule has 31 heavy (non-hydrogen) atoms. The summed E-state index contributed by atoms with van der Waals surface area (Å²) in [5.74, 6) is -5.45. The van der Waals surface area contributed by atoms with E-state index in [4.69, 9.17) is 14.2 Å². The van der Waals surface area contributed by atoms with Crippen LogP contribution >= 0.6 is 0 Å². The first kappa shape index (κ1) is 26.2. The van der Waals surface area contributed by atoms with Crippen LogP contribution in [0.5, 0.6) is 0 Å². The number of nitrogens with one attached hydrogen (secondary N) is 1. The Morgan fingerprint density at radius 1 is 0.935 bits per heavy atom. The summed E-state index contributed by atoms with van der Waals surface area (Å²) < 4.78 is 24.4. The fourth-order valence-corrected chi connectivity index (χ4v) is 2.55. The minimum absolute atomic E-state index is 0.254. The Labute approximate surface area is 181 Å². The Kier molecular flexibility index (Phi) is 8.42. The van der Waals surface area contributed by atoms with Crippen molar-refractivity contribution in [2.24, 2.45) is 5.92 Å². The van der Waals surface area contributed by atoms with Gasteiger partial charge in [0.05, 0.1) is 0 Å². The van der Waals surface area contributed by atoms with Crippen LogP contribution < -0.4 is 5.32 Å². The Hall–Kier alpha value is -2.85. The van der Waals surface area contributed by atoms with Crippen molar-refractivity contribution in [3.05, 3.63) is 0 Å².